The Balaban J connectivity index is 1.68. The van der Waals surface area contributed by atoms with Gasteiger partial charge in [-0.3, -0.25) is 0 Å². The third-order valence-corrected chi connectivity index (χ3v) is 3.72. The van der Waals surface area contributed by atoms with Gasteiger partial charge in [0.2, 0.25) is 0 Å². The summed E-state index contributed by atoms with van der Waals surface area (Å²) in [7, 11) is 0. The molecule has 0 saturated heterocycles. The number of imidazole rings is 1. The fraction of sp³-hybridized carbons (Fsp3) is 0.353. The average molecular weight is 283 g/mol. The van der Waals surface area contributed by atoms with E-state index in [1.165, 1.54) is 5.69 Å². The molecule has 1 N–H and O–H groups in total. The minimum Gasteiger partial charge on any atom is -0.459 e. The first-order chi connectivity index (χ1) is 10.3. The van der Waals surface area contributed by atoms with Crippen LogP contribution in [0.4, 0.5) is 0 Å². The standard InChI is InChI=1S/C17H21N3O/c1-3-8-20-12-18-10-15(20)11-19-13(2)17-9-14-6-4-5-7-16(14)21-17/h4-7,9-10,12-13,19H,3,8,11H2,1-2H3. The lowest BCUT2D eigenvalue weighted by Gasteiger charge is -2.12. The Morgan fingerprint density at radius 2 is 2.19 bits per heavy atom. The van der Waals surface area contributed by atoms with E-state index in [9.17, 15) is 0 Å². The summed E-state index contributed by atoms with van der Waals surface area (Å²) in [4.78, 5) is 4.23. The smallest absolute Gasteiger partial charge is 0.134 e. The van der Waals surface area contributed by atoms with Crippen molar-refractivity contribution in [3.8, 4) is 0 Å². The van der Waals surface area contributed by atoms with E-state index in [0.29, 0.717) is 0 Å². The molecule has 110 valence electrons. The van der Waals surface area contributed by atoms with Crippen LogP contribution < -0.4 is 5.32 Å². The average Bonchev–Trinajstić information content (AvgIpc) is 3.11. The fourth-order valence-corrected chi connectivity index (χ4v) is 2.51. The highest BCUT2D eigenvalue weighted by atomic mass is 16.3. The van der Waals surface area contributed by atoms with Crippen LogP contribution in [0.15, 0.2) is 47.3 Å². The zero-order valence-electron chi connectivity index (χ0n) is 12.5. The predicted molar refractivity (Wildman–Crippen MR) is 84.0 cm³/mol. The lowest BCUT2D eigenvalue weighted by Crippen LogP contribution is -2.19. The molecule has 0 aliphatic heterocycles. The Bertz CT molecular complexity index is 680. The number of para-hydroxylation sites is 1. The van der Waals surface area contributed by atoms with Crippen LogP contribution in [0.3, 0.4) is 0 Å². The highest BCUT2D eigenvalue weighted by Gasteiger charge is 2.11. The molecule has 0 bridgehead atoms. The molecule has 21 heavy (non-hydrogen) atoms. The normalized spacial score (nSPS) is 12.9. The second kappa shape index (κ2) is 6.14. The largest absolute Gasteiger partial charge is 0.459 e. The van der Waals surface area contributed by atoms with E-state index in [0.717, 1.165) is 36.2 Å². The number of aromatic nitrogens is 2. The number of hydrogen-bond acceptors (Lipinski definition) is 3. The fourth-order valence-electron chi connectivity index (χ4n) is 2.51. The van der Waals surface area contributed by atoms with E-state index in [1.54, 1.807) is 0 Å². The molecular formula is C17H21N3O. The lowest BCUT2D eigenvalue weighted by molar-refractivity contribution is 0.444. The van der Waals surface area contributed by atoms with Crippen LogP contribution in [0.25, 0.3) is 11.0 Å². The molecule has 0 amide bonds. The van der Waals surface area contributed by atoms with E-state index in [1.807, 2.05) is 30.7 Å². The van der Waals surface area contributed by atoms with Gasteiger partial charge < -0.3 is 14.3 Å². The number of hydrogen-bond donors (Lipinski definition) is 1. The highest BCUT2D eigenvalue weighted by Crippen LogP contribution is 2.23. The SMILES string of the molecule is CCCn1cncc1CNC(C)c1cc2ccccc2o1. The van der Waals surface area contributed by atoms with Crippen LogP contribution in [0.2, 0.25) is 0 Å². The molecule has 3 rings (SSSR count). The van der Waals surface area contributed by atoms with Crippen molar-refractivity contribution in [1.29, 1.82) is 0 Å². The van der Waals surface area contributed by atoms with Gasteiger partial charge in [0.25, 0.3) is 0 Å². The van der Waals surface area contributed by atoms with E-state index < -0.39 is 0 Å². The topological polar surface area (TPSA) is 43.0 Å². The molecule has 0 saturated carbocycles. The number of nitrogens with zero attached hydrogens (tertiary/aromatic N) is 2. The monoisotopic (exact) mass is 283 g/mol. The van der Waals surface area contributed by atoms with Crippen LogP contribution in [0.1, 0.15) is 37.8 Å². The van der Waals surface area contributed by atoms with Crippen molar-refractivity contribution in [3.63, 3.8) is 0 Å². The summed E-state index contributed by atoms with van der Waals surface area (Å²) in [5.74, 6) is 0.970. The van der Waals surface area contributed by atoms with Gasteiger partial charge in [-0.25, -0.2) is 4.98 Å². The molecule has 3 aromatic rings. The molecule has 1 aromatic carbocycles. The van der Waals surface area contributed by atoms with Gasteiger partial charge in [-0.2, -0.15) is 0 Å². The minimum absolute atomic E-state index is 0.169. The highest BCUT2D eigenvalue weighted by molar-refractivity contribution is 5.77. The van der Waals surface area contributed by atoms with Crippen molar-refractivity contribution in [2.45, 2.75) is 39.4 Å². The van der Waals surface area contributed by atoms with Gasteiger partial charge in [-0.05, 0) is 25.5 Å². The number of rotatable bonds is 6. The Kier molecular flexibility index (Phi) is 4.06. The van der Waals surface area contributed by atoms with E-state index in [-0.39, 0.29) is 6.04 Å². The van der Waals surface area contributed by atoms with Gasteiger partial charge in [0.1, 0.15) is 11.3 Å². The van der Waals surface area contributed by atoms with Crippen LogP contribution in [-0.4, -0.2) is 9.55 Å². The summed E-state index contributed by atoms with van der Waals surface area (Å²) in [6.45, 7) is 6.10. The quantitative estimate of drug-likeness (QED) is 0.746. The van der Waals surface area contributed by atoms with Crippen LogP contribution in [0.5, 0.6) is 0 Å². The van der Waals surface area contributed by atoms with Crippen molar-refractivity contribution >= 4 is 11.0 Å². The van der Waals surface area contributed by atoms with Crippen molar-refractivity contribution in [2.75, 3.05) is 0 Å². The maximum Gasteiger partial charge on any atom is 0.134 e. The molecule has 0 radical (unpaired) electrons. The Labute approximate surface area is 124 Å². The molecule has 1 atom stereocenters. The molecule has 4 nitrogen and oxygen atoms in total. The molecule has 0 aliphatic carbocycles. The summed E-state index contributed by atoms with van der Waals surface area (Å²) in [5, 5.41) is 4.66. The van der Waals surface area contributed by atoms with Gasteiger partial charge in [0.05, 0.1) is 18.1 Å². The maximum atomic E-state index is 5.89. The Morgan fingerprint density at radius 3 is 3.00 bits per heavy atom. The molecule has 2 aromatic heterocycles. The zero-order valence-corrected chi connectivity index (χ0v) is 12.5. The minimum atomic E-state index is 0.169. The number of fused-ring (bicyclic) bond motifs is 1. The van der Waals surface area contributed by atoms with Crippen LogP contribution in [0, 0.1) is 0 Å². The third-order valence-electron chi connectivity index (χ3n) is 3.72. The molecule has 2 heterocycles. The van der Waals surface area contributed by atoms with Gasteiger partial charge in [-0.15, -0.1) is 0 Å². The van der Waals surface area contributed by atoms with Gasteiger partial charge in [-0.1, -0.05) is 25.1 Å². The Morgan fingerprint density at radius 1 is 1.33 bits per heavy atom. The molecule has 4 heteroatoms. The van der Waals surface area contributed by atoms with Crippen molar-refractivity contribution in [3.05, 3.63) is 54.3 Å². The maximum absolute atomic E-state index is 5.89. The van der Waals surface area contributed by atoms with Crippen LogP contribution in [-0.2, 0) is 13.1 Å². The number of nitrogens with one attached hydrogen (secondary N) is 1. The molecule has 0 fully saturated rings. The summed E-state index contributed by atoms with van der Waals surface area (Å²) < 4.78 is 8.09. The third kappa shape index (κ3) is 3.00. The first kappa shape index (κ1) is 13.9. The Hall–Kier alpha value is -2.07. The van der Waals surface area contributed by atoms with Crippen LogP contribution >= 0.6 is 0 Å². The first-order valence-corrected chi connectivity index (χ1v) is 7.48. The lowest BCUT2D eigenvalue weighted by atomic mass is 10.2. The summed E-state index contributed by atoms with van der Waals surface area (Å²) in [6.07, 6.45) is 4.93. The molecule has 1 unspecified atom stereocenters. The predicted octanol–water partition coefficient (Wildman–Crippen LogP) is 3.89. The second-order valence-corrected chi connectivity index (χ2v) is 5.37. The van der Waals surface area contributed by atoms with Crippen molar-refractivity contribution in [2.24, 2.45) is 0 Å². The molecule has 0 aliphatic rings. The van der Waals surface area contributed by atoms with E-state index in [2.05, 4.69) is 40.8 Å². The van der Waals surface area contributed by atoms with Gasteiger partial charge in [0, 0.05) is 24.7 Å². The van der Waals surface area contributed by atoms with Gasteiger partial charge in [0.15, 0.2) is 0 Å². The number of furan rings is 1. The van der Waals surface area contributed by atoms with E-state index in [4.69, 9.17) is 4.42 Å². The van der Waals surface area contributed by atoms with Crippen molar-refractivity contribution in [1.82, 2.24) is 14.9 Å². The van der Waals surface area contributed by atoms with Crippen molar-refractivity contribution < 1.29 is 4.42 Å². The molecule has 0 spiro atoms. The summed E-state index contributed by atoms with van der Waals surface area (Å²) in [5.41, 5.74) is 2.15. The zero-order chi connectivity index (χ0) is 14.7. The second-order valence-electron chi connectivity index (χ2n) is 5.37. The van der Waals surface area contributed by atoms with Gasteiger partial charge >= 0.3 is 0 Å². The molecular weight excluding hydrogens is 262 g/mol. The first-order valence-electron chi connectivity index (χ1n) is 7.48. The number of benzene rings is 1. The summed E-state index contributed by atoms with van der Waals surface area (Å²) >= 11 is 0. The number of aryl methyl sites for hydroxylation is 1. The van der Waals surface area contributed by atoms with E-state index >= 15 is 0 Å². The summed E-state index contributed by atoms with van der Waals surface area (Å²) in [6, 6.07) is 10.4.